The fourth-order valence-corrected chi connectivity index (χ4v) is 2.28. The number of hydrogen-bond acceptors (Lipinski definition) is 4. The second kappa shape index (κ2) is 6.80. The van der Waals surface area contributed by atoms with Crippen LogP contribution in [0, 0.1) is 18.6 Å². The number of benzene rings is 2. The number of hydrogen-bond donors (Lipinski definition) is 2. The van der Waals surface area contributed by atoms with Gasteiger partial charge < -0.3 is 10.6 Å². The molecule has 1 aromatic heterocycles. The first-order valence-electron chi connectivity index (χ1n) is 7.10. The van der Waals surface area contributed by atoms with E-state index in [1.165, 1.54) is 6.07 Å². The molecular formula is C17H13ClF2N4. The van der Waals surface area contributed by atoms with Crippen molar-refractivity contribution in [3.8, 4) is 0 Å². The number of aryl methyl sites for hydroxylation is 1. The van der Waals surface area contributed by atoms with Gasteiger partial charge in [-0.3, -0.25) is 0 Å². The summed E-state index contributed by atoms with van der Waals surface area (Å²) in [7, 11) is 0. The topological polar surface area (TPSA) is 49.8 Å². The van der Waals surface area contributed by atoms with Gasteiger partial charge in [0.2, 0.25) is 5.95 Å². The summed E-state index contributed by atoms with van der Waals surface area (Å²) in [6.07, 6.45) is 0. The number of para-hydroxylation sites is 1. The Balaban J connectivity index is 1.86. The van der Waals surface area contributed by atoms with Gasteiger partial charge in [-0.25, -0.2) is 13.8 Å². The predicted molar refractivity (Wildman–Crippen MR) is 91.1 cm³/mol. The van der Waals surface area contributed by atoms with Crippen LogP contribution in [0.5, 0.6) is 0 Å². The van der Waals surface area contributed by atoms with Gasteiger partial charge in [-0.15, -0.1) is 0 Å². The highest BCUT2D eigenvalue weighted by Gasteiger charge is 2.07. The molecule has 24 heavy (non-hydrogen) atoms. The van der Waals surface area contributed by atoms with Gasteiger partial charge in [-0.2, -0.15) is 4.98 Å². The Hall–Kier alpha value is -2.73. The molecule has 7 heteroatoms. The maximum Gasteiger partial charge on any atom is 0.229 e. The van der Waals surface area contributed by atoms with Crippen molar-refractivity contribution >= 4 is 34.7 Å². The first-order valence-corrected chi connectivity index (χ1v) is 7.48. The molecule has 4 nitrogen and oxygen atoms in total. The molecule has 0 bridgehead atoms. The Kier molecular flexibility index (Phi) is 4.57. The standard InChI is InChI=1S/C17H13ClF2N4/c1-10-8-16(22-11-6-7-13(19)14(20)9-11)24-17(21-10)23-15-5-3-2-4-12(15)18/h2-9H,1H3,(H2,21,22,23,24). The zero-order valence-corrected chi connectivity index (χ0v) is 13.4. The number of anilines is 4. The number of halogens is 3. The van der Waals surface area contributed by atoms with Gasteiger partial charge in [0.25, 0.3) is 0 Å². The average molecular weight is 347 g/mol. The zero-order valence-electron chi connectivity index (χ0n) is 12.6. The minimum absolute atomic E-state index is 0.341. The average Bonchev–Trinajstić information content (AvgIpc) is 2.53. The molecule has 2 N–H and O–H groups in total. The molecule has 0 radical (unpaired) electrons. The second-order valence-corrected chi connectivity index (χ2v) is 5.48. The van der Waals surface area contributed by atoms with Crippen LogP contribution < -0.4 is 10.6 Å². The van der Waals surface area contributed by atoms with Gasteiger partial charge in [-0.1, -0.05) is 23.7 Å². The molecular weight excluding hydrogens is 334 g/mol. The van der Waals surface area contributed by atoms with Crippen LogP contribution in [-0.2, 0) is 0 Å². The summed E-state index contributed by atoms with van der Waals surface area (Å²) >= 11 is 6.10. The lowest BCUT2D eigenvalue weighted by molar-refractivity contribution is 0.509. The number of aromatic nitrogens is 2. The molecule has 0 aliphatic carbocycles. The summed E-state index contributed by atoms with van der Waals surface area (Å²) in [5.74, 6) is -1.04. The number of rotatable bonds is 4. The van der Waals surface area contributed by atoms with Gasteiger partial charge in [0.15, 0.2) is 11.6 Å². The molecule has 3 rings (SSSR count). The molecule has 0 saturated carbocycles. The summed E-state index contributed by atoms with van der Waals surface area (Å²) in [4.78, 5) is 8.60. The summed E-state index contributed by atoms with van der Waals surface area (Å²) in [6.45, 7) is 1.80. The molecule has 122 valence electrons. The van der Waals surface area contributed by atoms with Crippen molar-refractivity contribution in [2.24, 2.45) is 0 Å². The number of nitrogens with zero attached hydrogens (tertiary/aromatic N) is 2. The van der Waals surface area contributed by atoms with Crippen molar-refractivity contribution in [1.29, 1.82) is 0 Å². The van der Waals surface area contributed by atoms with Crippen molar-refractivity contribution in [1.82, 2.24) is 9.97 Å². The Bertz CT molecular complexity index is 886. The normalized spacial score (nSPS) is 10.5. The molecule has 2 aromatic carbocycles. The Morgan fingerprint density at radius 2 is 1.71 bits per heavy atom. The predicted octanol–water partition coefficient (Wildman–Crippen LogP) is 5.20. The molecule has 0 aliphatic rings. The lowest BCUT2D eigenvalue weighted by Crippen LogP contribution is -2.03. The maximum absolute atomic E-state index is 13.3. The lowest BCUT2D eigenvalue weighted by Gasteiger charge is -2.11. The SMILES string of the molecule is Cc1cc(Nc2ccc(F)c(F)c2)nc(Nc2ccccc2Cl)n1. The smallest absolute Gasteiger partial charge is 0.229 e. The third-order valence-electron chi connectivity index (χ3n) is 3.17. The van der Waals surface area contributed by atoms with E-state index < -0.39 is 11.6 Å². The first kappa shape index (κ1) is 16.1. The largest absolute Gasteiger partial charge is 0.340 e. The van der Waals surface area contributed by atoms with Crippen molar-refractivity contribution in [3.05, 3.63) is 70.9 Å². The van der Waals surface area contributed by atoms with E-state index in [1.807, 2.05) is 12.1 Å². The summed E-state index contributed by atoms with van der Waals surface area (Å²) in [6, 6.07) is 12.4. The summed E-state index contributed by atoms with van der Waals surface area (Å²) in [5, 5.41) is 6.49. The van der Waals surface area contributed by atoms with E-state index in [4.69, 9.17) is 11.6 Å². The van der Waals surface area contributed by atoms with Crippen LogP contribution in [0.2, 0.25) is 5.02 Å². The molecule has 0 unspecified atom stereocenters. The zero-order chi connectivity index (χ0) is 17.1. The summed E-state index contributed by atoms with van der Waals surface area (Å²) < 4.78 is 26.3. The van der Waals surface area contributed by atoms with Crippen LogP contribution in [0.25, 0.3) is 0 Å². The molecule has 3 aromatic rings. The van der Waals surface area contributed by atoms with E-state index in [2.05, 4.69) is 20.6 Å². The van der Waals surface area contributed by atoms with Crippen LogP contribution in [0.3, 0.4) is 0 Å². The maximum atomic E-state index is 13.3. The van der Waals surface area contributed by atoms with Crippen molar-refractivity contribution in [2.45, 2.75) is 6.92 Å². The van der Waals surface area contributed by atoms with Gasteiger partial charge >= 0.3 is 0 Å². The van der Waals surface area contributed by atoms with E-state index in [0.29, 0.717) is 33.9 Å². The minimum Gasteiger partial charge on any atom is -0.340 e. The van der Waals surface area contributed by atoms with E-state index in [1.54, 1.807) is 25.1 Å². The van der Waals surface area contributed by atoms with Crippen molar-refractivity contribution < 1.29 is 8.78 Å². The van der Waals surface area contributed by atoms with Crippen LogP contribution >= 0.6 is 11.6 Å². The number of nitrogens with one attached hydrogen (secondary N) is 2. The van der Waals surface area contributed by atoms with E-state index in [-0.39, 0.29) is 0 Å². The third kappa shape index (κ3) is 3.78. The first-order chi connectivity index (χ1) is 11.5. The molecule has 0 spiro atoms. The summed E-state index contributed by atoms with van der Waals surface area (Å²) in [5.41, 5.74) is 1.75. The van der Waals surface area contributed by atoms with Gasteiger partial charge in [-0.05, 0) is 31.2 Å². The Morgan fingerprint density at radius 3 is 2.46 bits per heavy atom. The van der Waals surface area contributed by atoms with Gasteiger partial charge in [0.05, 0.1) is 10.7 Å². The van der Waals surface area contributed by atoms with Crippen LogP contribution in [0.4, 0.5) is 31.9 Å². The van der Waals surface area contributed by atoms with E-state index in [9.17, 15) is 8.78 Å². The molecule has 0 amide bonds. The fraction of sp³-hybridized carbons (Fsp3) is 0.0588. The highest BCUT2D eigenvalue weighted by atomic mass is 35.5. The van der Waals surface area contributed by atoms with Gasteiger partial charge in [0, 0.05) is 23.5 Å². The fourth-order valence-electron chi connectivity index (χ4n) is 2.09. The quantitative estimate of drug-likeness (QED) is 0.681. The van der Waals surface area contributed by atoms with Crippen LogP contribution in [0.1, 0.15) is 5.69 Å². The Morgan fingerprint density at radius 1 is 0.917 bits per heavy atom. The second-order valence-electron chi connectivity index (χ2n) is 5.08. The highest BCUT2D eigenvalue weighted by Crippen LogP contribution is 2.25. The lowest BCUT2D eigenvalue weighted by atomic mass is 10.3. The Labute approximate surface area is 142 Å². The van der Waals surface area contributed by atoms with E-state index in [0.717, 1.165) is 12.1 Å². The molecule has 0 aliphatic heterocycles. The monoisotopic (exact) mass is 346 g/mol. The van der Waals surface area contributed by atoms with Crippen LogP contribution in [0.15, 0.2) is 48.5 Å². The molecule has 1 heterocycles. The van der Waals surface area contributed by atoms with E-state index >= 15 is 0 Å². The van der Waals surface area contributed by atoms with Crippen molar-refractivity contribution in [3.63, 3.8) is 0 Å². The molecule has 0 atom stereocenters. The third-order valence-corrected chi connectivity index (χ3v) is 3.50. The molecule has 0 saturated heterocycles. The van der Waals surface area contributed by atoms with Crippen LogP contribution in [-0.4, -0.2) is 9.97 Å². The minimum atomic E-state index is -0.930. The highest BCUT2D eigenvalue weighted by molar-refractivity contribution is 6.33. The van der Waals surface area contributed by atoms with Gasteiger partial charge in [0.1, 0.15) is 5.82 Å². The molecule has 0 fully saturated rings. The van der Waals surface area contributed by atoms with Crippen molar-refractivity contribution in [2.75, 3.05) is 10.6 Å².